The number of carbonyl (C=O) groups is 1. The molecule has 154 valence electrons. The van der Waals surface area contributed by atoms with Gasteiger partial charge in [-0.3, -0.25) is 4.79 Å². The van der Waals surface area contributed by atoms with E-state index in [1.165, 1.54) is 0 Å². The Bertz CT molecular complexity index is 1180. The van der Waals surface area contributed by atoms with E-state index in [-0.39, 0.29) is 19.3 Å². The first kappa shape index (κ1) is 18.9. The molecular formula is C25H20N2O4. The van der Waals surface area contributed by atoms with Crippen LogP contribution in [0.2, 0.25) is 0 Å². The van der Waals surface area contributed by atoms with Gasteiger partial charge in [0, 0.05) is 17.8 Å². The zero-order valence-corrected chi connectivity index (χ0v) is 16.7. The van der Waals surface area contributed by atoms with Crippen molar-refractivity contribution in [1.29, 1.82) is 0 Å². The van der Waals surface area contributed by atoms with Crippen molar-refractivity contribution in [1.82, 2.24) is 4.90 Å². The molecule has 0 spiro atoms. The number of para-hydroxylation sites is 2. The highest BCUT2D eigenvalue weighted by molar-refractivity contribution is 6.01. The number of nitrogens with one attached hydrogen (secondary N) is 1. The number of hydrogen-bond donors (Lipinski definition) is 1. The Hall–Kier alpha value is -4.11. The van der Waals surface area contributed by atoms with Gasteiger partial charge in [0.2, 0.25) is 6.79 Å². The number of ether oxygens (including phenoxy) is 3. The van der Waals surface area contributed by atoms with Gasteiger partial charge in [0.15, 0.2) is 11.5 Å². The Kier molecular flexibility index (Phi) is 4.85. The zero-order chi connectivity index (χ0) is 21.2. The highest BCUT2D eigenvalue weighted by Gasteiger charge is 2.34. The lowest BCUT2D eigenvalue weighted by atomic mass is 10.0. The SMILES string of the molecule is C#CCOc1ccccc1C1Nc2ccccc2C(=O)N1Cc1ccc2c(c1)OCO2. The minimum absolute atomic E-state index is 0.0660. The van der Waals surface area contributed by atoms with Gasteiger partial charge in [0.05, 0.1) is 5.56 Å². The van der Waals surface area contributed by atoms with Crippen LogP contribution in [0.4, 0.5) is 5.69 Å². The predicted octanol–water partition coefficient (Wildman–Crippen LogP) is 4.19. The smallest absolute Gasteiger partial charge is 0.258 e. The molecule has 2 aliphatic rings. The van der Waals surface area contributed by atoms with E-state index >= 15 is 0 Å². The fraction of sp³-hybridized carbons (Fsp3) is 0.160. The van der Waals surface area contributed by atoms with E-state index in [1.807, 2.05) is 66.7 Å². The summed E-state index contributed by atoms with van der Waals surface area (Å²) in [6.45, 7) is 0.736. The van der Waals surface area contributed by atoms with E-state index in [9.17, 15) is 4.79 Å². The van der Waals surface area contributed by atoms with Crippen molar-refractivity contribution in [2.75, 3.05) is 18.7 Å². The molecule has 0 aromatic heterocycles. The van der Waals surface area contributed by atoms with Crippen molar-refractivity contribution in [2.24, 2.45) is 0 Å². The lowest BCUT2D eigenvalue weighted by Gasteiger charge is -2.38. The van der Waals surface area contributed by atoms with Gasteiger partial charge in [-0.25, -0.2) is 0 Å². The summed E-state index contributed by atoms with van der Waals surface area (Å²) in [5.74, 6) is 4.47. The second-order valence-electron chi connectivity index (χ2n) is 7.24. The number of fused-ring (bicyclic) bond motifs is 2. The van der Waals surface area contributed by atoms with Gasteiger partial charge >= 0.3 is 0 Å². The lowest BCUT2D eigenvalue weighted by molar-refractivity contribution is 0.0664. The van der Waals surface area contributed by atoms with Crippen LogP contribution in [0.3, 0.4) is 0 Å². The number of rotatable bonds is 5. The Balaban J connectivity index is 1.55. The fourth-order valence-corrected chi connectivity index (χ4v) is 3.89. The second-order valence-corrected chi connectivity index (χ2v) is 7.24. The molecule has 0 bridgehead atoms. The van der Waals surface area contributed by atoms with Crippen LogP contribution < -0.4 is 19.5 Å². The van der Waals surface area contributed by atoms with Gasteiger partial charge in [-0.1, -0.05) is 42.3 Å². The largest absolute Gasteiger partial charge is 0.481 e. The first-order valence-electron chi connectivity index (χ1n) is 9.95. The molecule has 1 atom stereocenters. The first-order chi connectivity index (χ1) is 15.2. The normalized spacial score (nSPS) is 16.3. The average molecular weight is 412 g/mol. The maximum absolute atomic E-state index is 13.5. The van der Waals surface area contributed by atoms with Crippen LogP contribution in [0.1, 0.15) is 27.7 Å². The molecule has 2 aliphatic heterocycles. The Morgan fingerprint density at radius 1 is 1.06 bits per heavy atom. The number of terminal acetylenes is 1. The lowest BCUT2D eigenvalue weighted by Crippen LogP contribution is -2.42. The molecule has 1 N–H and O–H groups in total. The molecule has 6 nitrogen and oxygen atoms in total. The number of amides is 1. The third kappa shape index (κ3) is 3.51. The Morgan fingerprint density at radius 2 is 1.87 bits per heavy atom. The number of nitrogens with zero attached hydrogens (tertiary/aromatic N) is 1. The molecule has 0 radical (unpaired) electrons. The van der Waals surface area contributed by atoms with Gasteiger partial charge < -0.3 is 24.4 Å². The molecule has 6 heteroatoms. The van der Waals surface area contributed by atoms with Gasteiger partial charge in [-0.15, -0.1) is 6.42 Å². The number of hydrogen-bond acceptors (Lipinski definition) is 5. The van der Waals surface area contributed by atoms with Crippen molar-refractivity contribution < 1.29 is 19.0 Å². The molecule has 5 rings (SSSR count). The van der Waals surface area contributed by atoms with Crippen LogP contribution in [0.15, 0.2) is 66.7 Å². The Labute approximate surface area is 180 Å². The molecule has 3 aromatic carbocycles. The van der Waals surface area contributed by atoms with Gasteiger partial charge in [0.1, 0.15) is 18.5 Å². The van der Waals surface area contributed by atoms with E-state index in [4.69, 9.17) is 20.6 Å². The molecule has 0 aliphatic carbocycles. The molecule has 0 saturated carbocycles. The quantitative estimate of drug-likeness (QED) is 0.637. The maximum atomic E-state index is 13.5. The summed E-state index contributed by atoms with van der Waals surface area (Å²) in [6, 6.07) is 20.8. The standard InChI is InChI=1S/C25H20N2O4/c1-2-13-29-21-10-6-4-8-19(21)24-26-20-9-5-3-7-18(20)25(28)27(24)15-17-11-12-22-23(14-17)31-16-30-22/h1,3-12,14,24,26H,13,15-16H2. The fourth-order valence-electron chi connectivity index (χ4n) is 3.89. The summed E-state index contributed by atoms with van der Waals surface area (Å²) in [5, 5.41) is 3.50. The zero-order valence-electron chi connectivity index (χ0n) is 16.7. The van der Waals surface area contributed by atoms with Gasteiger partial charge in [-0.2, -0.15) is 0 Å². The third-order valence-electron chi connectivity index (χ3n) is 5.34. The van der Waals surface area contributed by atoms with E-state index < -0.39 is 6.17 Å². The third-order valence-corrected chi connectivity index (χ3v) is 5.34. The van der Waals surface area contributed by atoms with Crippen molar-refractivity contribution in [3.8, 4) is 29.6 Å². The maximum Gasteiger partial charge on any atom is 0.258 e. The summed E-state index contributed by atoms with van der Waals surface area (Å²) < 4.78 is 16.7. The van der Waals surface area contributed by atoms with Crippen LogP contribution >= 0.6 is 0 Å². The molecule has 1 amide bonds. The van der Waals surface area contributed by atoms with E-state index in [1.54, 1.807) is 4.90 Å². The van der Waals surface area contributed by atoms with Crippen LogP contribution in [-0.2, 0) is 6.54 Å². The summed E-state index contributed by atoms with van der Waals surface area (Å²) in [4.78, 5) is 15.3. The average Bonchev–Trinajstić information content (AvgIpc) is 3.28. The molecule has 2 heterocycles. The summed E-state index contributed by atoms with van der Waals surface area (Å²) in [7, 11) is 0. The van der Waals surface area contributed by atoms with E-state index in [0.717, 1.165) is 16.8 Å². The molecule has 0 saturated heterocycles. The summed E-state index contributed by atoms with van der Waals surface area (Å²) in [6.07, 6.45) is 4.96. The van der Waals surface area contributed by atoms with Crippen LogP contribution in [-0.4, -0.2) is 24.2 Å². The van der Waals surface area contributed by atoms with Crippen molar-refractivity contribution >= 4 is 11.6 Å². The molecule has 31 heavy (non-hydrogen) atoms. The summed E-state index contributed by atoms with van der Waals surface area (Å²) in [5.41, 5.74) is 3.18. The van der Waals surface area contributed by atoms with E-state index in [2.05, 4.69) is 11.2 Å². The minimum atomic E-state index is -0.429. The van der Waals surface area contributed by atoms with Crippen molar-refractivity contribution in [3.05, 3.63) is 83.4 Å². The van der Waals surface area contributed by atoms with Crippen molar-refractivity contribution in [3.63, 3.8) is 0 Å². The van der Waals surface area contributed by atoms with Crippen LogP contribution in [0.5, 0.6) is 17.2 Å². The Morgan fingerprint density at radius 3 is 2.77 bits per heavy atom. The number of anilines is 1. The van der Waals surface area contributed by atoms with Gasteiger partial charge in [-0.05, 0) is 35.9 Å². The highest BCUT2D eigenvalue weighted by atomic mass is 16.7. The second kappa shape index (κ2) is 7.96. The number of carbonyl (C=O) groups excluding carboxylic acids is 1. The topological polar surface area (TPSA) is 60.0 Å². The molecule has 0 fully saturated rings. The molecule has 3 aromatic rings. The van der Waals surface area contributed by atoms with Crippen LogP contribution in [0, 0.1) is 12.3 Å². The number of benzene rings is 3. The van der Waals surface area contributed by atoms with Gasteiger partial charge in [0.25, 0.3) is 5.91 Å². The van der Waals surface area contributed by atoms with Crippen LogP contribution in [0.25, 0.3) is 0 Å². The van der Waals surface area contributed by atoms with Crippen molar-refractivity contribution in [2.45, 2.75) is 12.7 Å². The predicted molar refractivity (Wildman–Crippen MR) is 116 cm³/mol. The highest BCUT2D eigenvalue weighted by Crippen LogP contribution is 2.39. The monoisotopic (exact) mass is 412 g/mol. The molecule has 1 unspecified atom stereocenters. The first-order valence-corrected chi connectivity index (χ1v) is 9.95. The molecular weight excluding hydrogens is 392 g/mol. The van der Waals surface area contributed by atoms with E-state index in [0.29, 0.717) is 29.4 Å². The minimum Gasteiger partial charge on any atom is -0.481 e. The summed E-state index contributed by atoms with van der Waals surface area (Å²) >= 11 is 0.